The average molecular weight is 254 g/mol. The molecule has 1 aromatic rings. The number of carboxylic acid groups (broad SMARTS) is 1. The molecular weight excluding hydrogens is 242 g/mol. The lowest BCUT2D eigenvalue weighted by Crippen LogP contribution is -2.34. The summed E-state index contributed by atoms with van der Waals surface area (Å²) in [5, 5.41) is 20.8. The van der Waals surface area contributed by atoms with Gasteiger partial charge in [0, 0.05) is 0 Å². The summed E-state index contributed by atoms with van der Waals surface area (Å²) in [7, 11) is 0. The highest BCUT2D eigenvalue weighted by molar-refractivity contribution is 6.31. The maximum atomic E-state index is 11.0. The fourth-order valence-corrected chi connectivity index (χ4v) is 1.42. The number of nitriles is 1. The number of halogens is 1. The Kier molecular flexibility index (Phi) is 4.30. The Morgan fingerprint density at radius 3 is 2.71 bits per heavy atom. The predicted molar refractivity (Wildman–Crippen MR) is 63.8 cm³/mol. The van der Waals surface area contributed by atoms with Crippen molar-refractivity contribution in [3.8, 4) is 6.07 Å². The minimum absolute atomic E-state index is 0.0737. The topological polar surface area (TPSA) is 86.0 Å². The Labute approximate surface area is 104 Å². The maximum Gasteiger partial charge on any atom is 0.326 e. The van der Waals surface area contributed by atoms with E-state index in [9.17, 15) is 4.79 Å². The third-order valence-electron chi connectivity index (χ3n) is 2.19. The van der Waals surface area contributed by atoms with Gasteiger partial charge in [0.2, 0.25) is 0 Å². The summed E-state index contributed by atoms with van der Waals surface area (Å²) >= 11 is 5.73. The number of hydrogen-bond donors (Lipinski definition) is 2. The van der Waals surface area contributed by atoms with Crippen LogP contribution in [0.4, 0.5) is 5.82 Å². The summed E-state index contributed by atoms with van der Waals surface area (Å²) < 4.78 is 0. The Morgan fingerprint density at radius 2 is 2.24 bits per heavy atom. The van der Waals surface area contributed by atoms with Gasteiger partial charge in [0.15, 0.2) is 5.69 Å². The number of aromatic nitrogens is 1. The zero-order valence-corrected chi connectivity index (χ0v) is 10.2. The number of carboxylic acids is 1. The minimum atomic E-state index is -0.963. The van der Waals surface area contributed by atoms with Gasteiger partial charge in [-0.05, 0) is 18.1 Å². The molecule has 2 N–H and O–H groups in total. The van der Waals surface area contributed by atoms with Gasteiger partial charge >= 0.3 is 5.97 Å². The zero-order valence-electron chi connectivity index (χ0n) is 9.44. The average Bonchev–Trinajstić information content (AvgIpc) is 2.26. The molecule has 1 rings (SSSR count). The van der Waals surface area contributed by atoms with E-state index >= 15 is 0 Å². The number of carbonyl (C=O) groups is 1. The van der Waals surface area contributed by atoms with E-state index in [0.29, 0.717) is 5.82 Å². The van der Waals surface area contributed by atoms with Crippen LogP contribution in [0.3, 0.4) is 0 Å². The number of nitrogens with zero attached hydrogens (tertiary/aromatic N) is 2. The maximum absolute atomic E-state index is 11.0. The predicted octanol–water partition coefficient (Wildman–Crippen LogP) is 2.13. The van der Waals surface area contributed by atoms with Crippen molar-refractivity contribution in [2.45, 2.75) is 19.9 Å². The monoisotopic (exact) mass is 253 g/mol. The molecule has 90 valence electrons. The van der Waals surface area contributed by atoms with E-state index in [2.05, 4.69) is 10.3 Å². The standard InChI is InChI=1S/C11H12ClN3O2/c1-6(2)10(11(16)17)15-9-4-3-7(12)8(5-13)14-9/h3-4,6,10H,1-2H3,(H,14,15)(H,16,17)/t10-/m0/s1. The Balaban J connectivity index is 2.95. The normalized spacial score (nSPS) is 11.9. The Morgan fingerprint density at radius 1 is 1.59 bits per heavy atom. The van der Waals surface area contributed by atoms with Crippen LogP contribution >= 0.6 is 11.6 Å². The van der Waals surface area contributed by atoms with Gasteiger partial charge in [0.25, 0.3) is 0 Å². The molecule has 0 bridgehead atoms. The summed E-state index contributed by atoms with van der Waals surface area (Å²) in [5.41, 5.74) is 0.0737. The molecule has 5 nitrogen and oxygen atoms in total. The van der Waals surface area contributed by atoms with E-state index in [4.69, 9.17) is 22.0 Å². The van der Waals surface area contributed by atoms with E-state index in [0.717, 1.165) is 0 Å². The molecule has 0 spiro atoms. The summed E-state index contributed by atoms with van der Waals surface area (Å²) in [6, 6.07) is 4.13. The molecule has 0 amide bonds. The molecule has 0 aromatic carbocycles. The van der Waals surface area contributed by atoms with Gasteiger partial charge in [-0.2, -0.15) is 5.26 Å². The highest BCUT2D eigenvalue weighted by Gasteiger charge is 2.21. The van der Waals surface area contributed by atoms with Crippen molar-refractivity contribution in [2.24, 2.45) is 5.92 Å². The molecule has 0 saturated carbocycles. The van der Waals surface area contributed by atoms with E-state index in [1.165, 1.54) is 6.07 Å². The van der Waals surface area contributed by atoms with Gasteiger partial charge in [0.05, 0.1) is 5.02 Å². The van der Waals surface area contributed by atoms with Crippen molar-refractivity contribution >= 4 is 23.4 Å². The van der Waals surface area contributed by atoms with E-state index < -0.39 is 12.0 Å². The van der Waals surface area contributed by atoms with Crippen LogP contribution in [0.15, 0.2) is 12.1 Å². The SMILES string of the molecule is CC(C)[C@H](Nc1ccc(Cl)c(C#N)n1)C(=O)O. The second kappa shape index (κ2) is 5.51. The van der Waals surface area contributed by atoms with Crippen molar-refractivity contribution in [2.75, 3.05) is 5.32 Å². The Bertz CT molecular complexity index is 468. The van der Waals surface area contributed by atoms with Crippen LogP contribution in [0.1, 0.15) is 19.5 Å². The van der Waals surface area contributed by atoms with Gasteiger partial charge in [-0.3, -0.25) is 0 Å². The van der Waals surface area contributed by atoms with Crippen LogP contribution in [-0.4, -0.2) is 22.1 Å². The van der Waals surface area contributed by atoms with Crippen LogP contribution in [0.25, 0.3) is 0 Å². The second-order valence-electron chi connectivity index (χ2n) is 3.84. The number of rotatable bonds is 4. The molecule has 0 aliphatic rings. The first-order valence-corrected chi connectivity index (χ1v) is 5.39. The van der Waals surface area contributed by atoms with Gasteiger partial charge in [-0.15, -0.1) is 0 Å². The molecule has 0 unspecified atom stereocenters. The van der Waals surface area contributed by atoms with Crippen LogP contribution in [0.2, 0.25) is 5.02 Å². The fourth-order valence-electron chi connectivity index (χ4n) is 1.27. The third-order valence-corrected chi connectivity index (χ3v) is 2.49. The van der Waals surface area contributed by atoms with Gasteiger partial charge in [-0.25, -0.2) is 9.78 Å². The molecule has 17 heavy (non-hydrogen) atoms. The van der Waals surface area contributed by atoms with Crippen LogP contribution in [-0.2, 0) is 4.79 Å². The molecule has 6 heteroatoms. The van der Waals surface area contributed by atoms with E-state index in [-0.39, 0.29) is 16.6 Å². The number of anilines is 1. The van der Waals surface area contributed by atoms with Gasteiger partial charge < -0.3 is 10.4 Å². The van der Waals surface area contributed by atoms with Crippen LogP contribution < -0.4 is 5.32 Å². The summed E-state index contributed by atoms with van der Waals surface area (Å²) in [4.78, 5) is 14.9. The highest BCUT2D eigenvalue weighted by Crippen LogP contribution is 2.17. The Hall–Kier alpha value is -1.80. The third kappa shape index (κ3) is 3.33. The molecule has 1 heterocycles. The highest BCUT2D eigenvalue weighted by atomic mass is 35.5. The molecule has 0 aliphatic carbocycles. The number of pyridine rings is 1. The second-order valence-corrected chi connectivity index (χ2v) is 4.25. The lowest BCUT2D eigenvalue weighted by Gasteiger charge is -2.18. The molecular formula is C11H12ClN3O2. The van der Waals surface area contributed by atoms with Crippen LogP contribution in [0, 0.1) is 17.2 Å². The van der Waals surface area contributed by atoms with Crippen molar-refractivity contribution in [3.63, 3.8) is 0 Å². The molecule has 1 atom stereocenters. The van der Waals surface area contributed by atoms with E-state index in [1.807, 2.05) is 6.07 Å². The van der Waals surface area contributed by atoms with Gasteiger partial charge in [-0.1, -0.05) is 25.4 Å². The molecule has 0 aliphatic heterocycles. The lowest BCUT2D eigenvalue weighted by molar-refractivity contribution is -0.138. The van der Waals surface area contributed by atoms with Crippen molar-refractivity contribution in [1.82, 2.24) is 4.98 Å². The van der Waals surface area contributed by atoms with Crippen LogP contribution in [0.5, 0.6) is 0 Å². The fraction of sp³-hybridized carbons (Fsp3) is 0.364. The smallest absolute Gasteiger partial charge is 0.326 e. The number of aliphatic carboxylic acids is 1. The van der Waals surface area contributed by atoms with E-state index in [1.54, 1.807) is 19.9 Å². The summed E-state index contributed by atoms with van der Waals surface area (Å²) in [5.74, 6) is -0.738. The first kappa shape index (κ1) is 13.3. The van der Waals surface area contributed by atoms with Gasteiger partial charge in [0.1, 0.15) is 17.9 Å². The van der Waals surface area contributed by atoms with Crippen molar-refractivity contribution < 1.29 is 9.90 Å². The zero-order chi connectivity index (χ0) is 13.0. The molecule has 0 radical (unpaired) electrons. The molecule has 0 fully saturated rings. The number of hydrogen-bond acceptors (Lipinski definition) is 4. The largest absolute Gasteiger partial charge is 0.480 e. The lowest BCUT2D eigenvalue weighted by atomic mass is 10.1. The minimum Gasteiger partial charge on any atom is -0.480 e. The summed E-state index contributed by atoms with van der Waals surface area (Å²) in [6.45, 7) is 3.57. The quantitative estimate of drug-likeness (QED) is 0.858. The molecule has 1 aromatic heterocycles. The summed E-state index contributed by atoms with van der Waals surface area (Å²) in [6.07, 6.45) is 0. The van der Waals surface area contributed by atoms with Crippen molar-refractivity contribution in [3.05, 3.63) is 22.8 Å². The first-order chi connectivity index (χ1) is 7.95. The van der Waals surface area contributed by atoms with Crippen molar-refractivity contribution in [1.29, 1.82) is 5.26 Å². The molecule has 0 saturated heterocycles. The first-order valence-electron chi connectivity index (χ1n) is 5.01. The number of nitrogens with one attached hydrogen (secondary N) is 1.